The van der Waals surface area contributed by atoms with Crippen LogP contribution in [0.2, 0.25) is 0 Å². The van der Waals surface area contributed by atoms with Gasteiger partial charge in [0.1, 0.15) is 12.0 Å². The van der Waals surface area contributed by atoms with Crippen molar-refractivity contribution in [2.75, 3.05) is 6.54 Å². The highest BCUT2D eigenvalue weighted by molar-refractivity contribution is 5.98. The minimum atomic E-state index is 0.0974. The molecule has 1 aromatic carbocycles. The number of nitrogens with zero attached hydrogens (tertiary/aromatic N) is 3. The van der Waals surface area contributed by atoms with Gasteiger partial charge in [0.05, 0.1) is 5.69 Å². The smallest absolute Gasteiger partial charge is 0.270 e. The summed E-state index contributed by atoms with van der Waals surface area (Å²) in [6.45, 7) is 3.53. The van der Waals surface area contributed by atoms with Gasteiger partial charge >= 0.3 is 0 Å². The van der Waals surface area contributed by atoms with Gasteiger partial charge < -0.3 is 15.2 Å². The van der Waals surface area contributed by atoms with Crippen LogP contribution in [-0.2, 0) is 6.54 Å². The first-order chi connectivity index (χ1) is 13.7. The van der Waals surface area contributed by atoms with Crippen molar-refractivity contribution in [1.29, 1.82) is 0 Å². The monoisotopic (exact) mass is 377 g/mol. The predicted molar refractivity (Wildman–Crippen MR) is 110 cm³/mol. The molecule has 2 aromatic heterocycles. The number of amides is 1. The van der Waals surface area contributed by atoms with Gasteiger partial charge in [0.25, 0.3) is 5.91 Å². The van der Waals surface area contributed by atoms with E-state index in [9.17, 15) is 4.79 Å². The number of benzene rings is 1. The summed E-state index contributed by atoms with van der Waals surface area (Å²) >= 11 is 0. The average molecular weight is 377 g/mol. The van der Waals surface area contributed by atoms with Crippen LogP contribution in [0.4, 0.5) is 0 Å². The van der Waals surface area contributed by atoms with E-state index in [1.165, 1.54) is 0 Å². The predicted octanol–water partition coefficient (Wildman–Crippen LogP) is 3.52. The third kappa shape index (κ3) is 4.07. The van der Waals surface area contributed by atoms with E-state index in [4.69, 9.17) is 0 Å². The molecule has 2 atom stereocenters. The average Bonchev–Trinajstić information content (AvgIpc) is 3.18. The van der Waals surface area contributed by atoms with Crippen molar-refractivity contribution in [3.05, 3.63) is 60.3 Å². The van der Waals surface area contributed by atoms with Crippen molar-refractivity contribution < 1.29 is 4.79 Å². The largest absolute Gasteiger partial charge is 0.351 e. The highest BCUT2D eigenvalue weighted by atomic mass is 16.2. The van der Waals surface area contributed by atoms with Gasteiger partial charge in [-0.1, -0.05) is 18.2 Å². The maximum atomic E-state index is 13.2. The van der Waals surface area contributed by atoms with Crippen molar-refractivity contribution in [3.8, 4) is 0 Å². The molecule has 0 aliphatic heterocycles. The molecule has 1 aliphatic rings. The number of H-pyrrole nitrogens is 1. The third-order valence-electron chi connectivity index (χ3n) is 5.66. The number of rotatable bonds is 6. The summed E-state index contributed by atoms with van der Waals surface area (Å²) in [5, 5.41) is 4.69. The number of hydrogen-bond acceptors (Lipinski definition) is 4. The molecule has 1 aliphatic carbocycles. The second kappa shape index (κ2) is 8.52. The van der Waals surface area contributed by atoms with Gasteiger partial charge in [-0.15, -0.1) is 0 Å². The Balaban J connectivity index is 1.42. The van der Waals surface area contributed by atoms with Gasteiger partial charge in [0.15, 0.2) is 0 Å². The van der Waals surface area contributed by atoms with E-state index >= 15 is 0 Å². The number of aromatic nitrogens is 3. The summed E-state index contributed by atoms with van der Waals surface area (Å²) in [5.41, 5.74) is 2.69. The van der Waals surface area contributed by atoms with Gasteiger partial charge in [-0.05, 0) is 50.8 Å². The Kier molecular flexibility index (Phi) is 5.67. The summed E-state index contributed by atoms with van der Waals surface area (Å²) < 4.78 is 0. The lowest BCUT2D eigenvalue weighted by atomic mass is 9.89. The Bertz CT molecular complexity index is 890. The van der Waals surface area contributed by atoms with E-state index in [-0.39, 0.29) is 11.9 Å². The number of fused-ring (bicyclic) bond motifs is 1. The first-order valence-electron chi connectivity index (χ1n) is 10.1. The normalized spacial score (nSPS) is 19.6. The molecule has 1 amide bonds. The maximum absolute atomic E-state index is 13.2. The highest BCUT2D eigenvalue weighted by Gasteiger charge is 2.29. The molecule has 4 rings (SSSR count). The van der Waals surface area contributed by atoms with Crippen molar-refractivity contribution in [2.45, 2.75) is 51.2 Å². The fourth-order valence-electron chi connectivity index (χ4n) is 4.21. The first-order valence-corrected chi connectivity index (χ1v) is 10.1. The number of aromatic amines is 1. The Morgan fingerprint density at radius 2 is 2.18 bits per heavy atom. The number of carbonyl (C=O) groups excluding carboxylic acids is 1. The van der Waals surface area contributed by atoms with Gasteiger partial charge in [0.2, 0.25) is 0 Å². The van der Waals surface area contributed by atoms with Crippen LogP contribution in [0.1, 0.15) is 48.8 Å². The Morgan fingerprint density at radius 1 is 1.29 bits per heavy atom. The molecule has 28 heavy (non-hydrogen) atoms. The van der Waals surface area contributed by atoms with Gasteiger partial charge in [-0.2, -0.15) is 0 Å². The fourth-order valence-corrected chi connectivity index (χ4v) is 4.21. The Labute approximate surface area is 165 Å². The van der Waals surface area contributed by atoms with Crippen molar-refractivity contribution in [3.63, 3.8) is 0 Å². The minimum absolute atomic E-state index is 0.0974. The number of carbonyl (C=O) groups is 1. The molecular formula is C22H27N5O. The zero-order valence-electron chi connectivity index (χ0n) is 16.3. The maximum Gasteiger partial charge on any atom is 0.270 e. The number of para-hydroxylation sites is 1. The van der Waals surface area contributed by atoms with Crippen LogP contribution < -0.4 is 5.32 Å². The lowest BCUT2D eigenvalue weighted by Gasteiger charge is -2.37. The van der Waals surface area contributed by atoms with Crippen molar-refractivity contribution in [2.24, 2.45) is 0 Å². The van der Waals surface area contributed by atoms with Crippen LogP contribution in [0.3, 0.4) is 0 Å². The summed E-state index contributed by atoms with van der Waals surface area (Å²) in [4.78, 5) is 26.7. The molecule has 0 saturated heterocycles. The number of nitrogens with one attached hydrogen (secondary N) is 2. The summed E-state index contributed by atoms with van der Waals surface area (Å²) in [6.07, 6.45) is 7.66. The molecule has 3 aromatic rings. The van der Waals surface area contributed by atoms with E-state index in [0.29, 0.717) is 11.7 Å². The highest BCUT2D eigenvalue weighted by Crippen LogP contribution is 2.25. The topological polar surface area (TPSA) is 73.9 Å². The quantitative estimate of drug-likeness (QED) is 0.689. The Hall–Kier alpha value is -2.73. The van der Waals surface area contributed by atoms with Crippen molar-refractivity contribution in [1.82, 2.24) is 25.2 Å². The van der Waals surface area contributed by atoms with Crippen molar-refractivity contribution >= 4 is 16.8 Å². The third-order valence-corrected chi connectivity index (χ3v) is 5.66. The molecule has 1 fully saturated rings. The Morgan fingerprint density at radius 3 is 2.96 bits per heavy atom. The lowest BCUT2D eigenvalue weighted by Crippen LogP contribution is -2.46. The summed E-state index contributed by atoms with van der Waals surface area (Å²) in [7, 11) is 0. The molecule has 0 bridgehead atoms. The molecule has 0 radical (unpaired) electrons. The van der Waals surface area contributed by atoms with Gasteiger partial charge in [-0.25, -0.2) is 9.97 Å². The second-order valence-corrected chi connectivity index (χ2v) is 7.46. The first kappa shape index (κ1) is 18.6. The van der Waals surface area contributed by atoms with Gasteiger partial charge in [0, 0.05) is 42.3 Å². The van der Waals surface area contributed by atoms with Crippen LogP contribution in [0.5, 0.6) is 0 Å². The van der Waals surface area contributed by atoms with E-state index in [1.807, 2.05) is 41.3 Å². The van der Waals surface area contributed by atoms with Crippen LogP contribution in [0.15, 0.2) is 48.9 Å². The fraction of sp³-hybridized carbons (Fsp3) is 0.409. The van der Waals surface area contributed by atoms with E-state index in [2.05, 4.69) is 27.2 Å². The lowest BCUT2D eigenvalue weighted by molar-refractivity contribution is 0.0623. The van der Waals surface area contributed by atoms with Crippen LogP contribution >= 0.6 is 0 Å². The molecule has 6 heteroatoms. The standard InChI is InChI=1S/C22H27N5O/c1-2-27(22(28)21-12-16-6-3-4-9-20(16)26-21)19-8-5-7-17(13-19)24-14-18-10-11-23-15-25-18/h3-4,6,9-12,15,17,19,24,26H,2,5,7-8,13-14H2,1H3/t17-,19+/m1/s1. The summed E-state index contributed by atoms with van der Waals surface area (Å²) in [5.74, 6) is 0.0974. The van der Waals surface area contributed by atoms with Crippen LogP contribution in [0, 0.1) is 0 Å². The molecule has 0 unspecified atom stereocenters. The molecule has 146 valence electrons. The SMILES string of the molecule is CCN(C(=O)c1cc2ccccc2[nH]1)[C@H]1CCC[C@@H](NCc2ccncn2)C1. The van der Waals surface area contributed by atoms with Crippen LogP contribution in [-0.4, -0.2) is 44.4 Å². The second-order valence-electron chi connectivity index (χ2n) is 7.46. The van der Waals surface area contributed by atoms with E-state index in [1.54, 1.807) is 12.5 Å². The van der Waals surface area contributed by atoms with E-state index < -0.39 is 0 Å². The molecule has 1 saturated carbocycles. The summed E-state index contributed by atoms with van der Waals surface area (Å²) in [6, 6.07) is 12.6. The van der Waals surface area contributed by atoms with E-state index in [0.717, 1.165) is 55.4 Å². The molecule has 2 heterocycles. The molecule has 2 N–H and O–H groups in total. The van der Waals surface area contributed by atoms with Gasteiger partial charge in [-0.3, -0.25) is 4.79 Å². The zero-order chi connectivity index (χ0) is 19.3. The molecule has 0 spiro atoms. The molecular weight excluding hydrogens is 350 g/mol. The van der Waals surface area contributed by atoms with Crippen LogP contribution in [0.25, 0.3) is 10.9 Å². The molecule has 6 nitrogen and oxygen atoms in total. The minimum Gasteiger partial charge on any atom is -0.351 e. The number of hydrogen-bond donors (Lipinski definition) is 2. The zero-order valence-corrected chi connectivity index (χ0v) is 16.3.